The summed E-state index contributed by atoms with van der Waals surface area (Å²) < 4.78 is 0. The highest BCUT2D eigenvalue weighted by Gasteiger charge is 2.19. The first-order valence-corrected chi connectivity index (χ1v) is 13.4. The van der Waals surface area contributed by atoms with Gasteiger partial charge in [0.1, 0.15) is 0 Å². The smallest absolute Gasteiger partial charge is 0.307 e. The maximum atomic E-state index is 12.7. The standard InChI is InChI=1S/C31H33ClN4O4/c1-35(2)17-5-4-6-27(37)36(3)24-14-12-23(13-15-24)33-30(21-9-7-20(8-10-21)18-28(38)39)29-25-16-11-22(32)19-26(25)34-31(29)40/h7-16,19,34,40H,4-6,17-18H2,1-3H3,(H,38,39). The van der Waals surface area contributed by atoms with Crippen molar-refractivity contribution in [1.82, 2.24) is 9.88 Å². The number of aromatic nitrogens is 1. The van der Waals surface area contributed by atoms with Crippen molar-refractivity contribution in [3.05, 3.63) is 88.4 Å². The monoisotopic (exact) mass is 560 g/mol. The number of hydrogen-bond acceptors (Lipinski definition) is 5. The number of hydrogen-bond donors (Lipinski definition) is 3. The van der Waals surface area contributed by atoms with Crippen LogP contribution in [0.25, 0.3) is 10.9 Å². The Hall–Kier alpha value is -4.14. The molecule has 3 N–H and O–H groups in total. The largest absolute Gasteiger partial charge is 0.494 e. The zero-order valence-electron chi connectivity index (χ0n) is 22.8. The van der Waals surface area contributed by atoms with Gasteiger partial charge < -0.3 is 25.0 Å². The van der Waals surface area contributed by atoms with E-state index in [1.165, 1.54) is 0 Å². The van der Waals surface area contributed by atoms with E-state index < -0.39 is 5.97 Å². The summed E-state index contributed by atoms with van der Waals surface area (Å²) in [5, 5.41) is 21.3. The molecule has 0 atom stereocenters. The number of carboxylic acid groups (broad SMARTS) is 1. The summed E-state index contributed by atoms with van der Waals surface area (Å²) in [6.07, 6.45) is 2.19. The van der Waals surface area contributed by atoms with Crippen molar-refractivity contribution in [3.63, 3.8) is 0 Å². The first kappa shape index (κ1) is 28.9. The van der Waals surface area contributed by atoms with Gasteiger partial charge in [-0.3, -0.25) is 9.59 Å². The quantitative estimate of drug-likeness (QED) is 0.153. The van der Waals surface area contributed by atoms with E-state index in [9.17, 15) is 14.7 Å². The van der Waals surface area contributed by atoms with Crippen molar-refractivity contribution in [2.45, 2.75) is 25.7 Å². The SMILES string of the molecule is CN(C)CCCCC(=O)N(C)c1ccc(N=C(c2ccc(CC(=O)O)cc2)c2c(O)[nH]c3cc(Cl)ccc23)cc1. The minimum atomic E-state index is -0.912. The van der Waals surface area contributed by atoms with Crippen LogP contribution in [-0.4, -0.2) is 65.4 Å². The number of rotatable bonds is 11. The Bertz CT molecular complexity index is 1530. The number of anilines is 1. The van der Waals surface area contributed by atoms with Gasteiger partial charge in [-0.25, -0.2) is 4.99 Å². The maximum absolute atomic E-state index is 12.7. The van der Waals surface area contributed by atoms with Crippen LogP contribution in [0.2, 0.25) is 5.02 Å². The molecule has 0 spiro atoms. The van der Waals surface area contributed by atoms with Crippen LogP contribution in [0.3, 0.4) is 0 Å². The van der Waals surface area contributed by atoms with Gasteiger partial charge >= 0.3 is 5.97 Å². The summed E-state index contributed by atoms with van der Waals surface area (Å²) in [5.74, 6) is -0.911. The number of H-pyrrole nitrogens is 1. The number of carbonyl (C=O) groups is 2. The zero-order chi connectivity index (χ0) is 28.8. The Morgan fingerprint density at radius 1 is 0.950 bits per heavy atom. The number of fused-ring (bicyclic) bond motifs is 1. The van der Waals surface area contributed by atoms with Crippen LogP contribution >= 0.6 is 11.6 Å². The van der Waals surface area contributed by atoms with Crippen LogP contribution in [0.1, 0.15) is 36.0 Å². The van der Waals surface area contributed by atoms with Crippen molar-refractivity contribution in [3.8, 4) is 5.88 Å². The number of benzene rings is 3. The van der Waals surface area contributed by atoms with Gasteiger partial charge in [0.2, 0.25) is 5.91 Å². The van der Waals surface area contributed by atoms with E-state index in [4.69, 9.17) is 21.7 Å². The number of carboxylic acids is 1. The lowest BCUT2D eigenvalue weighted by atomic mass is 9.99. The van der Waals surface area contributed by atoms with E-state index in [2.05, 4.69) is 9.88 Å². The highest BCUT2D eigenvalue weighted by atomic mass is 35.5. The van der Waals surface area contributed by atoms with Gasteiger partial charge in [-0.1, -0.05) is 41.9 Å². The minimum Gasteiger partial charge on any atom is -0.494 e. The normalized spacial score (nSPS) is 11.8. The molecule has 0 saturated heterocycles. The number of unbranched alkanes of at least 4 members (excludes halogenated alkanes) is 1. The molecule has 9 heteroatoms. The third kappa shape index (κ3) is 7.08. The first-order valence-electron chi connectivity index (χ1n) is 13.0. The predicted octanol–water partition coefficient (Wildman–Crippen LogP) is 6.02. The Morgan fingerprint density at radius 3 is 2.30 bits per heavy atom. The molecule has 3 aromatic carbocycles. The van der Waals surface area contributed by atoms with E-state index >= 15 is 0 Å². The van der Waals surface area contributed by atoms with Crippen molar-refractivity contribution < 1.29 is 19.8 Å². The molecule has 1 heterocycles. The molecule has 0 aliphatic carbocycles. The van der Waals surface area contributed by atoms with Gasteiger partial charge in [0.15, 0.2) is 5.88 Å². The second-order valence-electron chi connectivity index (χ2n) is 10.00. The average molecular weight is 561 g/mol. The van der Waals surface area contributed by atoms with Crippen LogP contribution in [-0.2, 0) is 16.0 Å². The van der Waals surface area contributed by atoms with E-state index in [0.717, 1.165) is 30.5 Å². The second-order valence-corrected chi connectivity index (χ2v) is 10.4. The molecule has 4 rings (SSSR count). The topological polar surface area (TPSA) is 109 Å². The van der Waals surface area contributed by atoms with E-state index in [1.807, 2.05) is 44.4 Å². The van der Waals surface area contributed by atoms with E-state index in [1.54, 1.807) is 48.3 Å². The van der Waals surface area contributed by atoms with E-state index in [-0.39, 0.29) is 18.2 Å². The summed E-state index contributed by atoms with van der Waals surface area (Å²) in [6, 6.07) is 19.7. The summed E-state index contributed by atoms with van der Waals surface area (Å²) in [7, 11) is 5.81. The number of halogens is 1. The van der Waals surface area contributed by atoms with Crippen molar-refractivity contribution in [2.75, 3.05) is 32.6 Å². The molecule has 0 bridgehead atoms. The van der Waals surface area contributed by atoms with Crippen LogP contribution in [0.15, 0.2) is 71.7 Å². The molecular weight excluding hydrogens is 528 g/mol. The predicted molar refractivity (Wildman–Crippen MR) is 160 cm³/mol. The fourth-order valence-corrected chi connectivity index (χ4v) is 4.68. The van der Waals surface area contributed by atoms with Gasteiger partial charge in [-0.15, -0.1) is 0 Å². The fourth-order valence-electron chi connectivity index (χ4n) is 4.51. The molecular formula is C31H33ClN4O4. The highest BCUT2D eigenvalue weighted by molar-refractivity contribution is 6.31. The summed E-state index contributed by atoms with van der Waals surface area (Å²) in [5.41, 5.74) is 4.43. The number of aromatic hydroxyl groups is 1. The highest BCUT2D eigenvalue weighted by Crippen LogP contribution is 2.33. The van der Waals surface area contributed by atoms with Gasteiger partial charge in [-0.2, -0.15) is 0 Å². The Labute approximate surface area is 238 Å². The Balaban J connectivity index is 1.66. The fraction of sp³-hybridized carbons (Fsp3) is 0.258. The molecule has 40 heavy (non-hydrogen) atoms. The first-order chi connectivity index (χ1) is 19.1. The molecule has 0 aliphatic heterocycles. The van der Waals surface area contributed by atoms with Crippen LogP contribution in [0.5, 0.6) is 5.88 Å². The van der Waals surface area contributed by atoms with Crippen LogP contribution in [0.4, 0.5) is 11.4 Å². The molecule has 8 nitrogen and oxygen atoms in total. The van der Waals surface area contributed by atoms with Gasteiger partial charge in [0, 0.05) is 35.1 Å². The third-order valence-electron chi connectivity index (χ3n) is 6.66. The van der Waals surface area contributed by atoms with Gasteiger partial charge in [0.25, 0.3) is 0 Å². The molecule has 0 aliphatic rings. The van der Waals surface area contributed by atoms with E-state index in [0.29, 0.717) is 45.0 Å². The molecule has 4 aromatic rings. The van der Waals surface area contributed by atoms with Crippen LogP contribution < -0.4 is 4.90 Å². The van der Waals surface area contributed by atoms with Crippen LogP contribution in [0, 0.1) is 0 Å². The summed E-state index contributed by atoms with van der Waals surface area (Å²) >= 11 is 6.17. The third-order valence-corrected chi connectivity index (χ3v) is 6.89. The molecule has 0 saturated carbocycles. The molecule has 1 amide bonds. The Morgan fingerprint density at radius 2 is 1.65 bits per heavy atom. The molecule has 1 aromatic heterocycles. The molecule has 0 unspecified atom stereocenters. The number of amides is 1. The van der Waals surface area contributed by atoms with Gasteiger partial charge in [-0.05, 0) is 75.4 Å². The summed E-state index contributed by atoms with van der Waals surface area (Å²) in [6.45, 7) is 0.952. The van der Waals surface area contributed by atoms with Crippen molar-refractivity contribution in [1.29, 1.82) is 0 Å². The van der Waals surface area contributed by atoms with Crippen molar-refractivity contribution in [2.24, 2.45) is 4.99 Å². The maximum Gasteiger partial charge on any atom is 0.307 e. The number of aliphatic imine (C=N–C) groups is 1. The lowest BCUT2D eigenvalue weighted by Crippen LogP contribution is -2.26. The lowest BCUT2D eigenvalue weighted by molar-refractivity contribution is -0.136. The van der Waals surface area contributed by atoms with Crippen molar-refractivity contribution >= 4 is 51.5 Å². The zero-order valence-corrected chi connectivity index (χ0v) is 23.6. The molecule has 0 fully saturated rings. The lowest BCUT2D eigenvalue weighted by Gasteiger charge is -2.18. The number of nitrogens with zero attached hydrogens (tertiary/aromatic N) is 3. The summed E-state index contributed by atoms with van der Waals surface area (Å²) in [4.78, 5) is 35.5. The second kappa shape index (κ2) is 12.8. The minimum absolute atomic E-state index is 0.0538. The molecule has 208 valence electrons. The number of aliphatic carboxylic acids is 1. The molecule has 0 radical (unpaired) electrons. The van der Waals surface area contributed by atoms with Gasteiger partial charge in [0.05, 0.1) is 28.9 Å². The number of carbonyl (C=O) groups excluding carboxylic acids is 1. The Kier molecular flexibility index (Phi) is 9.24. The average Bonchev–Trinajstić information content (AvgIpc) is 3.24. The number of nitrogens with one attached hydrogen (secondary N) is 1. The number of aromatic amines is 1.